The lowest BCUT2D eigenvalue weighted by Crippen LogP contribution is -2.51. The van der Waals surface area contributed by atoms with Gasteiger partial charge in [0.15, 0.2) is 0 Å². The molecule has 0 saturated heterocycles. The second-order valence-corrected chi connectivity index (χ2v) is 11.4. The first-order valence-electron chi connectivity index (χ1n) is 13.0. The minimum atomic E-state index is -0.540. The predicted octanol–water partition coefficient (Wildman–Crippen LogP) is 4.37. The third-order valence-corrected chi connectivity index (χ3v) is 7.65. The normalized spacial score (nSPS) is 24.6. The number of aromatic nitrogens is 3. The molecular weight excluding hydrogens is 483 g/mol. The molecular formula is C29H33FN6O2. The van der Waals surface area contributed by atoms with E-state index in [-0.39, 0.29) is 29.9 Å². The molecule has 3 aliphatic heterocycles. The molecule has 0 radical (unpaired) electrons. The van der Waals surface area contributed by atoms with Gasteiger partial charge in [-0.25, -0.2) is 9.18 Å². The van der Waals surface area contributed by atoms with Crippen molar-refractivity contribution in [2.75, 3.05) is 20.1 Å². The number of nitrogens with one attached hydrogen (secondary N) is 1. The zero-order valence-corrected chi connectivity index (χ0v) is 22.4. The highest BCUT2D eigenvalue weighted by molar-refractivity contribution is 5.86. The summed E-state index contributed by atoms with van der Waals surface area (Å²) >= 11 is 0. The van der Waals surface area contributed by atoms with Crippen molar-refractivity contribution in [1.29, 1.82) is 0 Å². The summed E-state index contributed by atoms with van der Waals surface area (Å²) in [5, 5.41) is 8.30. The number of nitrogens with zero attached hydrogens (tertiary/aromatic N) is 5. The van der Waals surface area contributed by atoms with Gasteiger partial charge in [-0.05, 0) is 56.5 Å². The Labute approximate surface area is 222 Å². The van der Waals surface area contributed by atoms with Crippen LogP contribution in [0.25, 0.3) is 11.5 Å². The summed E-state index contributed by atoms with van der Waals surface area (Å²) in [6.07, 6.45) is 11.9. The topological polar surface area (TPSA) is 75.5 Å². The molecule has 0 spiro atoms. The third kappa shape index (κ3) is 4.10. The molecule has 2 aromatic heterocycles. The van der Waals surface area contributed by atoms with Crippen LogP contribution in [0.3, 0.4) is 0 Å². The number of hydrogen-bond donors (Lipinski definition) is 1. The van der Waals surface area contributed by atoms with Gasteiger partial charge in [0, 0.05) is 68.4 Å². The SMILES string of the molecule is CN1C=C2C=C(F)c3cccnc3C3=C2C1C(c1cnn(C)c1)C(C1=CCN(C(=O)OC(C)(C)C)CC1)N3. The fraction of sp³-hybridized carbons (Fsp3) is 0.414. The summed E-state index contributed by atoms with van der Waals surface area (Å²) in [6, 6.07) is 3.43. The number of carbonyl (C=O) groups excluding carboxylic acids is 1. The number of rotatable bonds is 2. The number of fused-ring (bicyclic) bond motifs is 2. The van der Waals surface area contributed by atoms with Crippen molar-refractivity contribution in [3.05, 3.63) is 82.6 Å². The first-order valence-corrected chi connectivity index (χ1v) is 13.0. The van der Waals surface area contributed by atoms with E-state index in [1.807, 2.05) is 51.9 Å². The van der Waals surface area contributed by atoms with Gasteiger partial charge in [0.2, 0.25) is 0 Å². The summed E-state index contributed by atoms with van der Waals surface area (Å²) in [7, 11) is 3.97. The van der Waals surface area contributed by atoms with Crippen LogP contribution >= 0.6 is 0 Å². The molecule has 4 aliphatic rings. The molecule has 3 atom stereocenters. The number of halogens is 1. The summed E-state index contributed by atoms with van der Waals surface area (Å²) in [4.78, 5) is 21.3. The van der Waals surface area contributed by atoms with E-state index < -0.39 is 5.60 Å². The van der Waals surface area contributed by atoms with E-state index in [0.29, 0.717) is 30.8 Å². The zero-order valence-electron chi connectivity index (χ0n) is 22.4. The molecule has 0 aromatic carbocycles. The first kappa shape index (κ1) is 24.5. The van der Waals surface area contributed by atoms with Crippen LogP contribution in [-0.4, -0.2) is 68.5 Å². The Kier molecular flexibility index (Phi) is 5.70. The molecule has 1 aliphatic carbocycles. The number of hydrogen-bond acceptors (Lipinski definition) is 6. The lowest BCUT2D eigenvalue weighted by atomic mass is 9.74. The van der Waals surface area contributed by atoms with Gasteiger partial charge in [0.1, 0.15) is 11.4 Å². The summed E-state index contributed by atoms with van der Waals surface area (Å²) in [5.41, 5.74) is 5.67. The third-order valence-electron chi connectivity index (χ3n) is 7.65. The first-order chi connectivity index (χ1) is 18.1. The van der Waals surface area contributed by atoms with Crippen molar-refractivity contribution in [1.82, 2.24) is 29.9 Å². The maximum atomic E-state index is 15.4. The van der Waals surface area contributed by atoms with Crippen molar-refractivity contribution in [3.8, 4) is 0 Å². The number of ether oxygens (including phenoxy) is 1. The summed E-state index contributed by atoms with van der Waals surface area (Å²) in [6.45, 7) is 6.68. The Bertz CT molecular complexity index is 1430. The minimum absolute atomic E-state index is 0.0160. The maximum absolute atomic E-state index is 15.4. The van der Waals surface area contributed by atoms with Crippen molar-refractivity contribution < 1.29 is 13.9 Å². The highest BCUT2D eigenvalue weighted by Crippen LogP contribution is 2.49. The van der Waals surface area contributed by atoms with E-state index >= 15 is 4.39 Å². The quantitative estimate of drug-likeness (QED) is 0.598. The van der Waals surface area contributed by atoms with Crippen LogP contribution in [-0.2, 0) is 11.8 Å². The average molecular weight is 517 g/mol. The summed E-state index contributed by atoms with van der Waals surface area (Å²) in [5.74, 6) is -0.272. The lowest BCUT2D eigenvalue weighted by Gasteiger charge is -2.44. The van der Waals surface area contributed by atoms with Crippen LogP contribution in [0.1, 0.15) is 49.9 Å². The number of amides is 1. The van der Waals surface area contributed by atoms with Crippen LogP contribution in [0.15, 0.2) is 65.8 Å². The number of allylic oxidation sites excluding steroid dienone is 1. The van der Waals surface area contributed by atoms with Gasteiger partial charge in [0.05, 0.1) is 29.7 Å². The van der Waals surface area contributed by atoms with E-state index in [2.05, 4.69) is 32.6 Å². The van der Waals surface area contributed by atoms with E-state index in [4.69, 9.17) is 4.74 Å². The molecule has 6 rings (SSSR count). The van der Waals surface area contributed by atoms with Gasteiger partial charge in [-0.3, -0.25) is 9.67 Å². The number of likely N-dealkylation sites (N-methyl/N-ethyl adjacent to an activating group) is 1. The fourth-order valence-electron chi connectivity index (χ4n) is 6.07. The molecule has 8 nitrogen and oxygen atoms in total. The highest BCUT2D eigenvalue weighted by atomic mass is 19.1. The van der Waals surface area contributed by atoms with Gasteiger partial charge in [0.25, 0.3) is 0 Å². The Morgan fingerprint density at radius 2 is 2.08 bits per heavy atom. The Balaban J connectivity index is 1.43. The predicted molar refractivity (Wildman–Crippen MR) is 143 cm³/mol. The van der Waals surface area contributed by atoms with Crippen molar-refractivity contribution in [2.24, 2.45) is 7.05 Å². The van der Waals surface area contributed by atoms with E-state index in [9.17, 15) is 4.79 Å². The standard InChI is InChI=1S/C29H33FN6O2/c1-29(2,3)38-28(37)36-11-8-17(9-12-36)24-23(19-14-32-35(5)16-19)27-22-18(15-34(27)4)13-21(30)20-7-6-10-31-25(20)26(22)33-24/h6-8,10,13-16,23-24,27,33H,9,11-12H2,1-5H3. The van der Waals surface area contributed by atoms with E-state index in [0.717, 1.165) is 22.4 Å². The maximum Gasteiger partial charge on any atom is 0.410 e. The molecule has 9 heteroatoms. The molecule has 5 heterocycles. The second kappa shape index (κ2) is 8.85. The zero-order chi connectivity index (χ0) is 26.8. The van der Waals surface area contributed by atoms with Crippen molar-refractivity contribution in [2.45, 2.75) is 50.8 Å². The molecule has 1 amide bonds. The van der Waals surface area contributed by atoms with Gasteiger partial charge < -0.3 is 19.9 Å². The molecule has 0 bridgehead atoms. The van der Waals surface area contributed by atoms with Gasteiger partial charge in [-0.1, -0.05) is 6.08 Å². The van der Waals surface area contributed by atoms with Gasteiger partial charge in [-0.2, -0.15) is 5.10 Å². The largest absolute Gasteiger partial charge is 0.444 e. The van der Waals surface area contributed by atoms with Gasteiger partial charge in [-0.15, -0.1) is 0 Å². The van der Waals surface area contributed by atoms with E-state index in [1.165, 1.54) is 5.57 Å². The molecule has 0 saturated carbocycles. The number of aryl methyl sites for hydroxylation is 1. The molecule has 38 heavy (non-hydrogen) atoms. The van der Waals surface area contributed by atoms with Crippen LogP contribution < -0.4 is 5.32 Å². The molecule has 3 unspecified atom stereocenters. The summed E-state index contributed by atoms with van der Waals surface area (Å²) < 4.78 is 22.8. The number of pyridine rings is 1. The van der Waals surface area contributed by atoms with Crippen molar-refractivity contribution >= 4 is 17.6 Å². The molecule has 0 fully saturated rings. The second-order valence-electron chi connectivity index (χ2n) is 11.4. The fourth-order valence-corrected chi connectivity index (χ4v) is 6.07. The van der Waals surface area contributed by atoms with Gasteiger partial charge >= 0.3 is 6.09 Å². The van der Waals surface area contributed by atoms with Crippen LogP contribution in [0, 0.1) is 0 Å². The number of carbonyl (C=O) groups is 1. The average Bonchev–Trinajstić information content (AvgIpc) is 3.42. The van der Waals surface area contributed by atoms with Crippen LogP contribution in [0.5, 0.6) is 0 Å². The Hall–Kier alpha value is -3.88. The molecule has 1 N–H and O–H groups in total. The van der Waals surface area contributed by atoms with Crippen LogP contribution in [0.2, 0.25) is 0 Å². The lowest BCUT2D eigenvalue weighted by molar-refractivity contribution is 0.0264. The minimum Gasteiger partial charge on any atom is -0.444 e. The highest BCUT2D eigenvalue weighted by Gasteiger charge is 2.48. The van der Waals surface area contributed by atoms with Crippen LogP contribution in [0.4, 0.5) is 9.18 Å². The Morgan fingerprint density at radius 3 is 2.76 bits per heavy atom. The molecule has 198 valence electrons. The van der Waals surface area contributed by atoms with Crippen molar-refractivity contribution in [3.63, 3.8) is 0 Å². The van der Waals surface area contributed by atoms with E-state index in [1.54, 1.807) is 29.3 Å². The Morgan fingerprint density at radius 1 is 1.26 bits per heavy atom. The monoisotopic (exact) mass is 516 g/mol. The smallest absolute Gasteiger partial charge is 0.410 e. The molecule has 2 aromatic rings.